The van der Waals surface area contributed by atoms with E-state index in [4.69, 9.17) is 10.5 Å². The number of nitrogens with two attached hydrogens (primary N) is 1. The van der Waals surface area contributed by atoms with Crippen molar-refractivity contribution in [3.05, 3.63) is 44.7 Å². The SMILES string of the molecule is COc1ccc(NC(=O)CSc2nc(N)cc(=O)[nH]2)c([N+](=O)[O-])c1. The van der Waals surface area contributed by atoms with E-state index < -0.39 is 16.4 Å². The minimum Gasteiger partial charge on any atom is -0.496 e. The van der Waals surface area contributed by atoms with Crippen LogP contribution in [0.3, 0.4) is 0 Å². The highest BCUT2D eigenvalue weighted by atomic mass is 32.2. The van der Waals surface area contributed by atoms with Crippen molar-refractivity contribution >= 4 is 34.9 Å². The molecule has 1 heterocycles. The first-order chi connectivity index (χ1) is 11.4. The molecule has 0 fully saturated rings. The van der Waals surface area contributed by atoms with Gasteiger partial charge in [-0.2, -0.15) is 0 Å². The molecule has 0 unspecified atom stereocenters. The number of nitrogens with zero attached hydrogens (tertiary/aromatic N) is 2. The maximum absolute atomic E-state index is 11.9. The predicted octanol–water partition coefficient (Wildman–Crippen LogP) is 1.000. The van der Waals surface area contributed by atoms with Gasteiger partial charge in [-0.25, -0.2) is 4.98 Å². The van der Waals surface area contributed by atoms with Crippen LogP contribution in [0.25, 0.3) is 0 Å². The van der Waals surface area contributed by atoms with Crippen LogP contribution in [0.1, 0.15) is 0 Å². The van der Waals surface area contributed by atoms with Gasteiger partial charge >= 0.3 is 0 Å². The molecule has 0 spiro atoms. The molecule has 0 saturated carbocycles. The molecule has 1 amide bonds. The zero-order valence-electron chi connectivity index (χ0n) is 12.4. The summed E-state index contributed by atoms with van der Waals surface area (Å²) < 4.78 is 4.92. The van der Waals surface area contributed by atoms with Crippen molar-refractivity contribution in [3.8, 4) is 5.75 Å². The van der Waals surface area contributed by atoms with Crippen LogP contribution in [0.4, 0.5) is 17.2 Å². The lowest BCUT2D eigenvalue weighted by Gasteiger charge is -2.07. The summed E-state index contributed by atoms with van der Waals surface area (Å²) in [6, 6.07) is 5.19. The molecule has 2 rings (SSSR count). The Bertz CT molecular complexity index is 838. The third kappa shape index (κ3) is 4.46. The number of H-pyrrole nitrogens is 1. The van der Waals surface area contributed by atoms with Gasteiger partial charge in [-0.15, -0.1) is 0 Å². The molecule has 1 aromatic heterocycles. The lowest BCUT2D eigenvalue weighted by Crippen LogP contribution is -2.16. The predicted molar refractivity (Wildman–Crippen MR) is 88.3 cm³/mol. The zero-order valence-corrected chi connectivity index (χ0v) is 13.3. The van der Waals surface area contributed by atoms with Crippen LogP contribution in [-0.2, 0) is 4.79 Å². The second kappa shape index (κ2) is 7.46. The number of nitrogens with one attached hydrogen (secondary N) is 2. The van der Waals surface area contributed by atoms with Crippen molar-refractivity contribution in [1.82, 2.24) is 9.97 Å². The Morgan fingerprint density at radius 2 is 2.25 bits per heavy atom. The summed E-state index contributed by atoms with van der Waals surface area (Å²) in [5.74, 6) is -0.281. The minimum atomic E-state index is -0.623. The number of carbonyl (C=O) groups excluding carboxylic acids is 1. The summed E-state index contributed by atoms with van der Waals surface area (Å²) in [7, 11) is 1.38. The minimum absolute atomic E-state index is 0.0347. The number of benzene rings is 1. The van der Waals surface area contributed by atoms with Gasteiger partial charge < -0.3 is 20.8 Å². The van der Waals surface area contributed by atoms with Crippen LogP contribution in [0, 0.1) is 10.1 Å². The number of anilines is 2. The first-order valence-electron chi connectivity index (χ1n) is 6.51. The fraction of sp³-hybridized carbons (Fsp3) is 0.154. The van der Waals surface area contributed by atoms with E-state index in [1.54, 1.807) is 0 Å². The van der Waals surface area contributed by atoms with Crippen molar-refractivity contribution in [1.29, 1.82) is 0 Å². The summed E-state index contributed by atoms with van der Waals surface area (Å²) in [6.07, 6.45) is 0. The number of ether oxygens (including phenoxy) is 1. The van der Waals surface area contributed by atoms with Gasteiger partial charge in [-0.1, -0.05) is 11.8 Å². The van der Waals surface area contributed by atoms with Gasteiger partial charge in [-0.05, 0) is 12.1 Å². The molecule has 2 aromatic rings. The van der Waals surface area contributed by atoms with E-state index in [1.807, 2.05) is 0 Å². The van der Waals surface area contributed by atoms with Gasteiger partial charge in [0.05, 0.1) is 23.9 Å². The Kier molecular flexibility index (Phi) is 5.37. The molecular formula is C13H13N5O5S. The highest BCUT2D eigenvalue weighted by Crippen LogP contribution is 2.29. The van der Waals surface area contributed by atoms with Gasteiger partial charge in [0.25, 0.3) is 11.2 Å². The smallest absolute Gasteiger partial charge is 0.296 e. The number of nitro benzene ring substituents is 1. The average molecular weight is 351 g/mol. The normalized spacial score (nSPS) is 10.2. The highest BCUT2D eigenvalue weighted by molar-refractivity contribution is 7.99. The summed E-state index contributed by atoms with van der Waals surface area (Å²) in [5.41, 5.74) is 4.76. The number of nitro groups is 1. The Morgan fingerprint density at radius 1 is 1.50 bits per heavy atom. The number of nitrogen functional groups attached to an aromatic ring is 1. The third-order valence-electron chi connectivity index (χ3n) is 2.76. The van der Waals surface area contributed by atoms with Crippen LogP contribution in [0.5, 0.6) is 5.75 Å². The Morgan fingerprint density at radius 3 is 2.88 bits per heavy atom. The molecule has 0 radical (unpaired) electrons. The Labute approximate surface area is 139 Å². The number of amides is 1. The molecule has 11 heteroatoms. The highest BCUT2D eigenvalue weighted by Gasteiger charge is 2.17. The van der Waals surface area contributed by atoms with Crippen molar-refractivity contribution in [2.75, 3.05) is 23.9 Å². The number of hydrogen-bond donors (Lipinski definition) is 3. The van der Waals surface area contributed by atoms with Crippen LogP contribution in [0.2, 0.25) is 0 Å². The molecule has 1 aromatic carbocycles. The molecule has 4 N–H and O–H groups in total. The monoisotopic (exact) mass is 351 g/mol. The third-order valence-corrected chi connectivity index (χ3v) is 3.63. The maximum atomic E-state index is 11.9. The molecule has 0 aliphatic rings. The zero-order chi connectivity index (χ0) is 17.7. The van der Waals surface area contributed by atoms with Crippen LogP contribution in [0.15, 0.2) is 34.2 Å². The van der Waals surface area contributed by atoms with Gasteiger partial charge in [0.15, 0.2) is 5.16 Å². The topological polar surface area (TPSA) is 153 Å². The van der Waals surface area contributed by atoms with Crippen molar-refractivity contribution in [2.45, 2.75) is 5.16 Å². The lowest BCUT2D eigenvalue weighted by molar-refractivity contribution is -0.384. The van der Waals surface area contributed by atoms with Crippen molar-refractivity contribution < 1.29 is 14.5 Å². The number of aromatic amines is 1. The number of aromatic nitrogens is 2. The Balaban J connectivity index is 2.07. The van der Waals surface area contributed by atoms with Crippen LogP contribution >= 0.6 is 11.8 Å². The number of hydrogen-bond acceptors (Lipinski definition) is 8. The maximum Gasteiger partial charge on any atom is 0.296 e. The second-order valence-corrected chi connectivity index (χ2v) is 5.42. The fourth-order valence-corrected chi connectivity index (χ4v) is 2.42. The number of methoxy groups -OCH3 is 1. The number of carbonyl (C=O) groups is 1. The van der Waals surface area contributed by atoms with Gasteiger partial charge in [0.2, 0.25) is 5.91 Å². The largest absolute Gasteiger partial charge is 0.496 e. The molecule has 10 nitrogen and oxygen atoms in total. The van der Waals surface area contributed by atoms with Crippen LogP contribution in [-0.4, -0.2) is 33.7 Å². The van der Waals surface area contributed by atoms with E-state index >= 15 is 0 Å². The van der Waals surface area contributed by atoms with E-state index in [-0.39, 0.29) is 28.1 Å². The molecule has 126 valence electrons. The molecule has 0 bridgehead atoms. The Hall–Kier alpha value is -3.08. The molecule has 0 aliphatic carbocycles. The fourth-order valence-electron chi connectivity index (χ4n) is 1.74. The van der Waals surface area contributed by atoms with E-state index in [1.165, 1.54) is 25.3 Å². The van der Waals surface area contributed by atoms with Gasteiger partial charge in [0, 0.05) is 6.07 Å². The number of thioether (sulfide) groups is 1. The standard InChI is InChI=1S/C13H13N5O5S/c1-23-7-2-3-8(9(4-7)18(21)22)15-12(20)6-24-13-16-10(14)5-11(19)17-13/h2-5H,6H2,1H3,(H,15,20)(H3,14,16,17,19). The first kappa shape index (κ1) is 17.3. The quantitative estimate of drug-likeness (QED) is 0.301. The van der Waals surface area contributed by atoms with E-state index in [9.17, 15) is 19.7 Å². The molecule has 0 atom stereocenters. The van der Waals surface area contributed by atoms with Gasteiger partial charge in [-0.3, -0.25) is 19.7 Å². The van der Waals surface area contributed by atoms with Crippen LogP contribution < -0.4 is 21.3 Å². The number of rotatable bonds is 6. The van der Waals surface area contributed by atoms with Crippen molar-refractivity contribution in [2.24, 2.45) is 0 Å². The molecule has 24 heavy (non-hydrogen) atoms. The van der Waals surface area contributed by atoms with Gasteiger partial charge in [0.1, 0.15) is 17.3 Å². The summed E-state index contributed by atoms with van der Waals surface area (Å²) in [5, 5.41) is 13.7. The first-order valence-corrected chi connectivity index (χ1v) is 7.49. The molecule has 0 saturated heterocycles. The summed E-state index contributed by atoms with van der Waals surface area (Å²) in [6.45, 7) is 0. The summed E-state index contributed by atoms with van der Waals surface area (Å²) in [4.78, 5) is 39.9. The van der Waals surface area contributed by atoms with E-state index in [0.717, 1.165) is 17.8 Å². The lowest BCUT2D eigenvalue weighted by atomic mass is 10.2. The second-order valence-electron chi connectivity index (χ2n) is 4.45. The van der Waals surface area contributed by atoms with Crippen molar-refractivity contribution in [3.63, 3.8) is 0 Å². The molecular weight excluding hydrogens is 338 g/mol. The molecule has 0 aliphatic heterocycles. The van der Waals surface area contributed by atoms with E-state index in [0.29, 0.717) is 5.75 Å². The average Bonchev–Trinajstić information content (AvgIpc) is 2.52. The summed E-state index contributed by atoms with van der Waals surface area (Å²) >= 11 is 0.945. The van der Waals surface area contributed by atoms with E-state index in [2.05, 4.69) is 15.3 Å².